The number of para-hydroxylation sites is 2. The van der Waals surface area contributed by atoms with Gasteiger partial charge in [-0.2, -0.15) is 0 Å². The molecule has 1 aliphatic carbocycles. The van der Waals surface area contributed by atoms with Gasteiger partial charge in [0.25, 0.3) is 0 Å². The average Bonchev–Trinajstić information content (AvgIpc) is 3.44. The van der Waals surface area contributed by atoms with E-state index in [1.807, 2.05) is 0 Å². The molecule has 7 aromatic rings. The summed E-state index contributed by atoms with van der Waals surface area (Å²) in [5.74, 6) is 0. The molecular formula is C32H19N3. The first-order valence-corrected chi connectivity index (χ1v) is 11.8. The maximum absolute atomic E-state index is 4.63. The van der Waals surface area contributed by atoms with E-state index in [0.29, 0.717) is 0 Å². The lowest BCUT2D eigenvalue weighted by molar-refractivity contribution is 1.18. The summed E-state index contributed by atoms with van der Waals surface area (Å²) in [4.78, 5) is 9.25. The highest BCUT2D eigenvalue weighted by Crippen LogP contribution is 2.47. The molecule has 5 aromatic carbocycles. The molecule has 1 aliphatic rings. The summed E-state index contributed by atoms with van der Waals surface area (Å²) in [6.07, 6.45) is 3.55. The van der Waals surface area contributed by atoms with E-state index in [2.05, 4.69) is 118 Å². The van der Waals surface area contributed by atoms with Gasteiger partial charge in [0.05, 0.1) is 22.4 Å². The summed E-state index contributed by atoms with van der Waals surface area (Å²) >= 11 is 0. The van der Waals surface area contributed by atoms with Gasteiger partial charge >= 0.3 is 0 Å². The van der Waals surface area contributed by atoms with Crippen molar-refractivity contribution in [3.8, 4) is 39.3 Å². The van der Waals surface area contributed by atoms with Crippen LogP contribution < -0.4 is 0 Å². The van der Waals surface area contributed by atoms with Crippen LogP contribution in [0, 0.1) is 0 Å². The van der Waals surface area contributed by atoms with Gasteiger partial charge in [0.2, 0.25) is 0 Å². The number of nitrogens with zero attached hydrogens (tertiary/aromatic N) is 3. The first-order valence-electron chi connectivity index (χ1n) is 11.8. The van der Waals surface area contributed by atoms with Crippen LogP contribution in [0.15, 0.2) is 116 Å². The maximum atomic E-state index is 4.63. The quantitative estimate of drug-likeness (QED) is 0.269. The molecule has 162 valence electrons. The van der Waals surface area contributed by atoms with Crippen LogP contribution in [0.4, 0.5) is 0 Å². The molecule has 0 spiro atoms. The Bertz CT molecular complexity index is 1860. The minimum atomic E-state index is 0.979. The number of hydrogen-bond acceptors (Lipinski definition) is 2. The van der Waals surface area contributed by atoms with Crippen molar-refractivity contribution in [2.45, 2.75) is 0 Å². The Morgan fingerprint density at radius 1 is 0.457 bits per heavy atom. The molecule has 3 nitrogen and oxygen atoms in total. The van der Waals surface area contributed by atoms with Gasteiger partial charge in [-0.15, -0.1) is 0 Å². The fourth-order valence-corrected chi connectivity index (χ4v) is 5.78. The minimum Gasteiger partial charge on any atom is -0.309 e. The first kappa shape index (κ1) is 18.6. The molecule has 2 aromatic heterocycles. The normalized spacial score (nSPS) is 12.0. The monoisotopic (exact) mass is 445 g/mol. The lowest BCUT2D eigenvalue weighted by Gasteiger charge is -2.12. The fraction of sp³-hybridized carbons (Fsp3) is 0. The molecule has 0 fully saturated rings. The molecule has 8 rings (SSSR count). The van der Waals surface area contributed by atoms with E-state index < -0.39 is 0 Å². The van der Waals surface area contributed by atoms with E-state index in [1.54, 1.807) is 12.4 Å². The van der Waals surface area contributed by atoms with Gasteiger partial charge in [0.1, 0.15) is 0 Å². The number of benzene rings is 5. The van der Waals surface area contributed by atoms with Gasteiger partial charge in [-0.1, -0.05) is 78.9 Å². The van der Waals surface area contributed by atoms with Gasteiger partial charge < -0.3 is 4.57 Å². The number of hydrogen-bond donors (Lipinski definition) is 0. The van der Waals surface area contributed by atoms with E-state index in [4.69, 9.17) is 0 Å². The van der Waals surface area contributed by atoms with Gasteiger partial charge in [0, 0.05) is 45.4 Å². The van der Waals surface area contributed by atoms with Crippen LogP contribution in [0.2, 0.25) is 0 Å². The summed E-state index contributed by atoms with van der Waals surface area (Å²) in [6.45, 7) is 0. The number of aromatic nitrogens is 3. The molecular weight excluding hydrogens is 426 g/mol. The lowest BCUT2D eigenvalue weighted by atomic mass is 9.94. The second-order valence-electron chi connectivity index (χ2n) is 9.06. The molecule has 0 unspecified atom stereocenters. The van der Waals surface area contributed by atoms with Crippen molar-refractivity contribution >= 4 is 32.6 Å². The van der Waals surface area contributed by atoms with Gasteiger partial charge in [0.15, 0.2) is 0 Å². The molecule has 0 N–H and O–H groups in total. The van der Waals surface area contributed by atoms with Gasteiger partial charge in [-0.25, -0.2) is 0 Å². The van der Waals surface area contributed by atoms with E-state index in [-0.39, 0.29) is 0 Å². The van der Waals surface area contributed by atoms with Crippen LogP contribution in [0.3, 0.4) is 0 Å². The summed E-state index contributed by atoms with van der Waals surface area (Å²) in [6, 6.07) is 37.1. The third kappa shape index (κ3) is 2.50. The predicted molar refractivity (Wildman–Crippen MR) is 144 cm³/mol. The summed E-state index contributed by atoms with van der Waals surface area (Å²) in [7, 11) is 0. The van der Waals surface area contributed by atoms with Crippen molar-refractivity contribution in [2.75, 3.05) is 0 Å². The summed E-state index contributed by atoms with van der Waals surface area (Å²) in [5.41, 5.74) is 10.3. The maximum Gasteiger partial charge on any atom is 0.0971 e. The zero-order chi connectivity index (χ0) is 22.9. The van der Waals surface area contributed by atoms with Crippen LogP contribution >= 0.6 is 0 Å². The molecule has 0 aliphatic heterocycles. The molecule has 2 heterocycles. The Morgan fingerprint density at radius 3 is 1.71 bits per heavy atom. The van der Waals surface area contributed by atoms with Crippen molar-refractivity contribution in [1.82, 2.24) is 14.5 Å². The zero-order valence-corrected chi connectivity index (χ0v) is 18.8. The second-order valence-corrected chi connectivity index (χ2v) is 9.06. The zero-order valence-electron chi connectivity index (χ0n) is 18.8. The molecule has 0 atom stereocenters. The molecule has 0 saturated heterocycles. The third-order valence-corrected chi connectivity index (χ3v) is 7.27. The standard InChI is InChI=1S/C32H19N3/c1-3-10-28-23(6-1)24-7-2-4-11-29(24)35(28)21-14-12-20(13-15-21)22-16-17-27-30-25(22)8-5-9-26(30)31-32(27)34-19-18-33-31/h1-19H. The van der Waals surface area contributed by atoms with Crippen LogP contribution in [-0.2, 0) is 0 Å². The van der Waals surface area contributed by atoms with Crippen molar-refractivity contribution < 1.29 is 0 Å². The average molecular weight is 446 g/mol. The molecule has 0 bridgehead atoms. The largest absolute Gasteiger partial charge is 0.309 e. The number of fused-ring (bicyclic) bond motifs is 6. The molecule has 0 radical (unpaired) electrons. The molecule has 35 heavy (non-hydrogen) atoms. The second kappa shape index (κ2) is 6.87. The van der Waals surface area contributed by atoms with E-state index in [1.165, 1.54) is 54.8 Å². The molecule has 0 amide bonds. The summed E-state index contributed by atoms with van der Waals surface area (Å²) < 4.78 is 2.36. The lowest BCUT2D eigenvalue weighted by Crippen LogP contribution is -1.93. The fourth-order valence-electron chi connectivity index (χ4n) is 5.78. The minimum absolute atomic E-state index is 0.979. The van der Waals surface area contributed by atoms with Crippen LogP contribution in [0.5, 0.6) is 0 Å². The molecule has 0 saturated carbocycles. The highest BCUT2D eigenvalue weighted by atomic mass is 15.0. The topological polar surface area (TPSA) is 30.7 Å². The third-order valence-electron chi connectivity index (χ3n) is 7.27. The van der Waals surface area contributed by atoms with E-state index >= 15 is 0 Å². The van der Waals surface area contributed by atoms with E-state index in [0.717, 1.165) is 17.1 Å². The van der Waals surface area contributed by atoms with Crippen LogP contribution in [0.25, 0.3) is 71.9 Å². The van der Waals surface area contributed by atoms with Crippen LogP contribution in [-0.4, -0.2) is 14.5 Å². The van der Waals surface area contributed by atoms with Gasteiger partial charge in [-0.3, -0.25) is 9.97 Å². The molecule has 3 heteroatoms. The highest BCUT2D eigenvalue weighted by molar-refractivity contribution is 6.17. The summed E-state index contributed by atoms with van der Waals surface area (Å²) in [5, 5.41) is 5.05. The van der Waals surface area contributed by atoms with Crippen molar-refractivity contribution in [2.24, 2.45) is 0 Å². The predicted octanol–water partition coefficient (Wildman–Crippen LogP) is 8.04. The Hall–Kier alpha value is -4.76. The van der Waals surface area contributed by atoms with Crippen LogP contribution in [0.1, 0.15) is 0 Å². The van der Waals surface area contributed by atoms with Crippen molar-refractivity contribution in [3.63, 3.8) is 0 Å². The highest BCUT2D eigenvalue weighted by Gasteiger charge is 2.24. The van der Waals surface area contributed by atoms with Crippen molar-refractivity contribution in [1.29, 1.82) is 0 Å². The Kier molecular flexibility index (Phi) is 3.66. The Labute approximate surface area is 202 Å². The Morgan fingerprint density at radius 2 is 1.03 bits per heavy atom. The van der Waals surface area contributed by atoms with Crippen molar-refractivity contribution in [3.05, 3.63) is 116 Å². The van der Waals surface area contributed by atoms with Gasteiger partial charge in [-0.05, 0) is 40.8 Å². The van der Waals surface area contributed by atoms with E-state index in [9.17, 15) is 0 Å². The Balaban J connectivity index is 1.31. The number of rotatable bonds is 2. The smallest absolute Gasteiger partial charge is 0.0971 e. The SMILES string of the molecule is c1cc2c3c(ccc(-c4ccc(-n5c6ccccc6c6ccccc65)cc4)c3c1)-c1nccnc1-2. The first-order chi connectivity index (χ1) is 17.4.